The fraction of sp³-hybridized carbons (Fsp3) is 0.0617. The zero-order chi connectivity index (χ0) is 57.7. The molecule has 4 heteroatoms. The van der Waals surface area contributed by atoms with E-state index in [4.69, 9.17) is 9.47 Å². The van der Waals surface area contributed by atoms with E-state index in [0.29, 0.717) is 26.4 Å². The Morgan fingerprint density at radius 3 is 1.64 bits per heavy atom. The Hall–Kier alpha value is -10.4. The number of benzene rings is 11. The third-order valence-electron chi connectivity index (χ3n) is 16.5. The van der Waals surface area contributed by atoms with E-state index < -0.39 is 5.41 Å². The topological polar surface area (TPSA) is 26.6 Å². The molecule has 0 saturated heterocycles. The van der Waals surface area contributed by atoms with Crippen LogP contribution in [0.1, 0.15) is 44.5 Å². The van der Waals surface area contributed by atoms with Gasteiger partial charge in [0.1, 0.15) is 0 Å². The van der Waals surface area contributed by atoms with Gasteiger partial charge in [0.2, 0.25) is 0 Å². The Morgan fingerprint density at radius 1 is 0.424 bits per heavy atom. The van der Waals surface area contributed by atoms with E-state index >= 15 is 0 Å². The van der Waals surface area contributed by atoms with Crippen molar-refractivity contribution in [2.45, 2.75) is 25.2 Å². The van der Waals surface area contributed by atoms with E-state index in [1.54, 1.807) is 6.08 Å². The highest BCUT2D eigenvalue weighted by atomic mass is 16.5. The molecule has 0 amide bonds. The van der Waals surface area contributed by atoms with Gasteiger partial charge in [-0.15, -0.1) is 0 Å². The van der Waals surface area contributed by atoms with Crippen molar-refractivity contribution in [3.8, 4) is 39.1 Å². The number of nitrogens with zero attached hydrogens (tertiary/aromatic N) is 2. The molecule has 0 atom stereocenters. The third-order valence-corrected chi connectivity index (χ3v) is 16.5. The predicted octanol–water partition coefficient (Wildman–Crippen LogP) is 20.7. The Balaban J connectivity index is 0.874. The summed E-state index contributed by atoms with van der Waals surface area (Å²) in [6.45, 7) is 17.6. The number of aromatic nitrogens is 1. The van der Waals surface area contributed by atoms with Crippen LogP contribution in [0.3, 0.4) is 0 Å². The fourth-order valence-corrected chi connectivity index (χ4v) is 12.4. The van der Waals surface area contributed by atoms with Gasteiger partial charge in [0.05, 0.1) is 42.9 Å². The summed E-state index contributed by atoms with van der Waals surface area (Å²) in [6.07, 6.45) is 7.41. The monoisotopic (exact) mass is 1100 g/mol. The van der Waals surface area contributed by atoms with Crippen LogP contribution in [0.15, 0.2) is 323 Å². The molecule has 1 aliphatic rings. The lowest BCUT2D eigenvalue weighted by Crippen LogP contribution is -2.28. The van der Waals surface area contributed by atoms with Crippen molar-refractivity contribution < 1.29 is 9.47 Å². The summed E-state index contributed by atoms with van der Waals surface area (Å²) < 4.78 is 15.1. The number of ether oxygens (including phenoxy) is 2. The molecule has 11 aromatic carbocycles. The molecule has 0 saturated carbocycles. The van der Waals surface area contributed by atoms with Gasteiger partial charge in [-0.05, 0) is 156 Å². The minimum Gasteiger partial charge on any atom is -0.372 e. The molecule has 0 bridgehead atoms. The molecule has 0 aliphatic heterocycles. The maximum Gasteiger partial charge on any atom is 0.0722 e. The second-order valence-electron chi connectivity index (χ2n) is 21.8. The van der Waals surface area contributed by atoms with Gasteiger partial charge >= 0.3 is 0 Å². The lowest BCUT2D eigenvalue weighted by atomic mass is 9.67. The van der Waals surface area contributed by atoms with E-state index in [2.05, 4.69) is 303 Å². The molecule has 12 aromatic rings. The SMILES string of the molecule is C=CC(=C)/C=C\C(=C)COCc1cc(COCc2ccc(C=C)cc2)cc(-n2c3ccccc3c3cc(-c4ccc(N(c5ccc(-c6ccccc6)cc5)c5ccc6c(c5)C(c5ccccc5)(c5ccccc5)c5ccccc5-6)cc4)ccc32)c1. The normalized spacial score (nSPS) is 12.3. The van der Waals surface area contributed by atoms with E-state index in [0.717, 1.165) is 78.3 Å². The van der Waals surface area contributed by atoms with Gasteiger partial charge in [0, 0.05) is 33.5 Å². The summed E-state index contributed by atoms with van der Waals surface area (Å²) in [7, 11) is 0. The first kappa shape index (κ1) is 53.9. The molecule has 1 aromatic heterocycles. The first-order valence-corrected chi connectivity index (χ1v) is 29.0. The Labute approximate surface area is 499 Å². The molecule has 0 radical (unpaired) electrons. The predicted molar refractivity (Wildman–Crippen MR) is 356 cm³/mol. The van der Waals surface area contributed by atoms with Gasteiger partial charge in [0.25, 0.3) is 0 Å². The maximum absolute atomic E-state index is 6.40. The van der Waals surface area contributed by atoms with Crippen molar-refractivity contribution in [1.82, 2.24) is 4.57 Å². The van der Waals surface area contributed by atoms with E-state index in [-0.39, 0.29) is 0 Å². The van der Waals surface area contributed by atoms with Gasteiger partial charge in [-0.3, -0.25) is 0 Å². The maximum atomic E-state index is 6.40. The number of para-hydroxylation sites is 1. The zero-order valence-corrected chi connectivity index (χ0v) is 47.6. The molecular weight excluding hydrogens is 1030 g/mol. The van der Waals surface area contributed by atoms with Crippen molar-refractivity contribution in [3.05, 3.63) is 367 Å². The quantitative estimate of drug-likeness (QED) is 0.0712. The number of hydrogen-bond acceptors (Lipinski definition) is 3. The highest BCUT2D eigenvalue weighted by Gasteiger charge is 2.46. The van der Waals surface area contributed by atoms with Crippen molar-refractivity contribution in [2.75, 3.05) is 11.5 Å². The van der Waals surface area contributed by atoms with E-state index in [1.807, 2.05) is 18.2 Å². The summed E-state index contributed by atoms with van der Waals surface area (Å²) in [4.78, 5) is 2.41. The zero-order valence-electron chi connectivity index (χ0n) is 47.6. The van der Waals surface area contributed by atoms with Gasteiger partial charge in [-0.1, -0.05) is 251 Å². The third kappa shape index (κ3) is 10.6. The van der Waals surface area contributed by atoms with Gasteiger partial charge < -0.3 is 18.9 Å². The van der Waals surface area contributed by atoms with Gasteiger partial charge in [-0.2, -0.15) is 0 Å². The molecule has 0 spiro atoms. The largest absolute Gasteiger partial charge is 0.372 e. The Bertz CT molecular complexity index is 4420. The lowest BCUT2D eigenvalue weighted by molar-refractivity contribution is 0.106. The molecule has 0 N–H and O–H groups in total. The van der Waals surface area contributed by atoms with Crippen LogP contribution in [0.2, 0.25) is 0 Å². The summed E-state index contributed by atoms with van der Waals surface area (Å²) in [6, 6.07) is 97.3. The van der Waals surface area contributed by atoms with Gasteiger partial charge in [0.15, 0.2) is 0 Å². The van der Waals surface area contributed by atoms with Crippen LogP contribution in [0.5, 0.6) is 0 Å². The van der Waals surface area contributed by atoms with Crippen LogP contribution in [-0.2, 0) is 34.7 Å². The van der Waals surface area contributed by atoms with E-state index in [1.165, 1.54) is 55.3 Å². The van der Waals surface area contributed by atoms with Crippen LogP contribution in [-0.4, -0.2) is 11.2 Å². The minimum atomic E-state index is -0.540. The minimum absolute atomic E-state index is 0.379. The first-order chi connectivity index (χ1) is 41.9. The second-order valence-corrected chi connectivity index (χ2v) is 21.8. The van der Waals surface area contributed by atoms with Crippen molar-refractivity contribution >= 4 is 44.9 Å². The number of anilines is 3. The van der Waals surface area contributed by atoms with Crippen LogP contribution in [0, 0.1) is 0 Å². The van der Waals surface area contributed by atoms with Crippen LogP contribution >= 0.6 is 0 Å². The van der Waals surface area contributed by atoms with Crippen LogP contribution in [0.25, 0.3) is 66.9 Å². The summed E-state index contributed by atoms with van der Waals surface area (Å²) in [5.74, 6) is 0. The average molecular weight is 1100 g/mol. The Kier molecular flexibility index (Phi) is 15.1. The van der Waals surface area contributed by atoms with Crippen molar-refractivity contribution in [1.29, 1.82) is 0 Å². The summed E-state index contributed by atoms with van der Waals surface area (Å²) in [5.41, 5.74) is 24.0. The summed E-state index contributed by atoms with van der Waals surface area (Å²) in [5, 5.41) is 2.34. The number of hydrogen-bond donors (Lipinski definition) is 0. The highest BCUT2D eigenvalue weighted by Crippen LogP contribution is 2.57. The Morgan fingerprint density at radius 2 is 0.965 bits per heavy atom. The molecule has 0 unspecified atom stereocenters. The molecular formula is C81H64N2O2. The highest BCUT2D eigenvalue weighted by molar-refractivity contribution is 6.10. The molecule has 13 rings (SSSR count). The fourth-order valence-electron chi connectivity index (χ4n) is 12.4. The summed E-state index contributed by atoms with van der Waals surface area (Å²) >= 11 is 0. The second kappa shape index (κ2) is 23.9. The molecule has 1 aliphatic carbocycles. The number of fused-ring (bicyclic) bond motifs is 6. The van der Waals surface area contributed by atoms with E-state index in [9.17, 15) is 0 Å². The standard InChI is InChI=1S/C81H64N2O2/c1-5-57(3)30-31-58(4)53-84-55-61-48-62(56-85-54-60-34-32-59(6-2)33-35-60)50-72(49-61)83-79-29-19-17-27-75(79)76-51-66(40-47-80(76)83)65-38-43-70(44-39-65)82(69-41-36-64(37-42-69)63-20-10-7-11-21-63)71-45-46-74-73-26-16-18-28-77(73)81(78(74)52-71,67-22-12-8-13-23-67)68-24-14-9-15-25-68/h5-52H,1-4,53-56H2/b31-30-. The number of rotatable bonds is 20. The first-order valence-electron chi connectivity index (χ1n) is 29.0. The van der Waals surface area contributed by atoms with Gasteiger partial charge in [-0.25, -0.2) is 0 Å². The van der Waals surface area contributed by atoms with Crippen molar-refractivity contribution in [2.24, 2.45) is 0 Å². The van der Waals surface area contributed by atoms with Crippen molar-refractivity contribution in [3.63, 3.8) is 0 Å². The molecule has 410 valence electrons. The smallest absolute Gasteiger partial charge is 0.0722 e. The number of allylic oxidation sites excluding steroid dienone is 3. The average Bonchev–Trinajstić information content (AvgIpc) is 1.67. The van der Waals surface area contributed by atoms with Crippen LogP contribution < -0.4 is 4.90 Å². The van der Waals surface area contributed by atoms with Crippen LogP contribution in [0.4, 0.5) is 17.1 Å². The molecule has 0 fully saturated rings. The molecule has 4 nitrogen and oxygen atoms in total. The lowest BCUT2D eigenvalue weighted by Gasteiger charge is -2.35. The molecule has 85 heavy (non-hydrogen) atoms. The molecule has 1 heterocycles.